The van der Waals surface area contributed by atoms with Crippen molar-refractivity contribution in [2.75, 3.05) is 4.90 Å². The van der Waals surface area contributed by atoms with Crippen LogP contribution in [0.25, 0.3) is 5.76 Å². The lowest BCUT2D eigenvalue weighted by atomic mass is 9.95. The van der Waals surface area contributed by atoms with Crippen molar-refractivity contribution in [3.05, 3.63) is 106 Å². The van der Waals surface area contributed by atoms with Gasteiger partial charge in [-0.05, 0) is 66.2 Å². The minimum absolute atomic E-state index is 0.00887. The minimum atomic E-state index is -4.59. The van der Waals surface area contributed by atoms with Crippen molar-refractivity contribution in [1.82, 2.24) is 0 Å². The summed E-state index contributed by atoms with van der Waals surface area (Å²) in [5, 5.41) is 11.3. The molecule has 0 spiro atoms. The average molecular weight is 476 g/mol. The van der Waals surface area contributed by atoms with Gasteiger partial charge in [0.15, 0.2) is 0 Å². The second-order valence-corrected chi connectivity index (χ2v) is 7.71. The third kappa shape index (κ3) is 4.21. The third-order valence-corrected chi connectivity index (χ3v) is 5.47. The van der Waals surface area contributed by atoms with Gasteiger partial charge in [-0.1, -0.05) is 23.7 Å². The summed E-state index contributed by atoms with van der Waals surface area (Å²) in [6.45, 7) is 0. The third-order valence-electron chi connectivity index (χ3n) is 5.22. The number of hydrogen-bond donors (Lipinski definition) is 1. The Kier molecular flexibility index (Phi) is 5.71. The monoisotopic (exact) mass is 475 g/mol. The van der Waals surface area contributed by atoms with Gasteiger partial charge >= 0.3 is 6.18 Å². The summed E-state index contributed by atoms with van der Waals surface area (Å²) in [4.78, 5) is 26.9. The highest BCUT2D eigenvalue weighted by Gasteiger charge is 2.47. The Labute approximate surface area is 190 Å². The zero-order valence-electron chi connectivity index (χ0n) is 16.6. The molecule has 168 valence electrons. The van der Waals surface area contributed by atoms with Crippen LogP contribution in [0.15, 0.2) is 78.4 Å². The predicted molar refractivity (Wildman–Crippen MR) is 114 cm³/mol. The number of benzene rings is 3. The Hall–Kier alpha value is -3.65. The molecule has 4 nitrogen and oxygen atoms in total. The number of anilines is 1. The zero-order valence-corrected chi connectivity index (χ0v) is 17.4. The van der Waals surface area contributed by atoms with Crippen molar-refractivity contribution in [3.63, 3.8) is 0 Å². The predicted octanol–water partition coefficient (Wildman–Crippen LogP) is 6.12. The summed E-state index contributed by atoms with van der Waals surface area (Å²) in [6.07, 6.45) is -4.59. The number of alkyl halides is 3. The van der Waals surface area contributed by atoms with E-state index in [1.54, 1.807) is 0 Å². The maximum atomic E-state index is 13.5. The molecule has 0 radical (unpaired) electrons. The maximum absolute atomic E-state index is 13.5. The number of ketones is 1. The van der Waals surface area contributed by atoms with Gasteiger partial charge in [0, 0.05) is 16.3 Å². The second kappa shape index (κ2) is 8.37. The van der Waals surface area contributed by atoms with Crippen molar-refractivity contribution in [2.24, 2.45) is 0 Å². The lowest BCUT2D eigenvalue weighted by Crippen LogP contribution is -2.29. The molecule has 1 saturated heterocycles. The Morgan fingerprint density at radius 3 is 2.00 bits per heavy atom. The van der Waals surface area contributed by atoms with Gasteiger partial charge < -0.3 is 5.11 Å². The smallest absolute Gasteiger partial charge is 0.416 e. The highest BCUT2D eigenvalue weighted by Crippen LogP contribution is 2.43. The Morgan fingerprint density at radius 1 is 0.879 bits per heavy atom. The fourth-order valence-corrected chi connectivity index (χ4v) is 3.76. The molecular formula is C24H14ClF4NO3. The first-order valence-electron chi connectivity index (χ1n) is 9.57. The molecule has 0 saturated carbocycles. The van der Waals surface area contributed by atoms with E-state index >= 15 is 0 Å². The highest BCUT2D eigenvalue weighted by atomic mass is 35.5. The Bertz CT molecular complexity index is 1250. The number of nitrogens with zero attached hydrogens (tertiary/aromatic N) is 1. The van der Waals surface area contributed by atoms with E-state index < -0.39 is 41.0 Å². The van der Waals surface area contributed by atoms with Crippen LogP contribution in [0.4, 0.5) is 23.2 Å². The molecule has 1 amide bonds. The number of Topliss-reactive ketones (excluding diaryl/α,β-unsaturated/α-hetero) is 1. The number of aliphatic hydroxyl groups is 1. The van der Waals surface area contributed by atoms with Crippen molar-refractivity contribution in [1.29, 1.82) is 0 Å². The van der Waals surface area contributed by atoms with E-state index in [-0.39, 0.29) is 22.4 Å². The first-order chi connectivity index (χ1) is 15.6. The Morgan fingerprint density at radius 2 is 1.45 bits per heavy atom. The number of halogens is 5. The summed E-state index contributed by atoms with van der Waals surface area (Å²) in [5.74, 6) is -3.13. The van der Waals surface area contributed by atoms with Gasteiger partial charge in [-0.15, -0.1) is 0 Å². The van der Waals surface area contributed by atoms with Gasteiger partial charge in [-0.3, -0.25) is 14.5 Å². The van der Waals surface area contributed by atoms with E-state index in [2.05, 4.69) is 0 Å². The van der Waals surface area contributed by atoms with E-state index in [9.17, 15) is 32.3 Å². The van der Waals surface area contributed by atoms with Gasteiger partial charge in [-0.25, -0.2) is 4.39 Å². The van der Waals surface area contributed by atoms with Crippen LogP contribution in [0.5, 0.6) is 0 Å². The van der Waals surface area contributed by atoms with Crippen LogP contribution in [-0.2, 0) is 15.8 Å². The van der Waals surface area contributed by atoms with E-state index in [4.69, 9.17) is 11.6 Å². The normalized spacial score (nSPS) is 18.1. The molecule has 0 bridgehead atoms. The van der Waals surface area contributed by atoms with Crippen molar-refractivity contribution in [3.8, 4) is 0 Å². The minimum Gasteiger partial charge on any atom is -0.507 e. The molecular weight excluding hydrogens is 462 g/mol. The van der Waals surface area contributed by atoms with Crippen LogP contribution in [0, 0.1) is 5.82 Å². The highest BCUT2D eigenvalue weighted by molar-refractivity contribution is 6.51. The Balaban J connectivity index is 1.89. The molecule has 9 heteroatoms. The molecule has 1 aliphatic rings. The molecule has 1 N–H and O–H groups in total. The van der Waals surface area contributed by atoms with Crippen LogP contribution in [0.1, 0.15) is 22.7 Å². The molecule has 0 aromatic heterocycles. The SMILES string of the molecule is O=C1C(=O)N(c2ccc(C(F)(F)F)cc2)C(c2ccc(F)cc2)/C1=C(\O)c1ccc(Cl)cc1. The first-order valence-corrected chi connectivity index (χ1v) is 9.95. The van der Waals surface area contributed by atoms with Crippen molar-refractivity contribution in [2.45, 2.75) is 12.2 Å². The summed E-state index contributed by atoms with van der Waals surface area (Å²) >= 11 is 5.87. The van der Waals surface area contributed by atoms with Crippen LogP contribution >= 0.6 is 11.6 Å². The molecule has 3 aromatic carbocycles. The van der Waals surface area contributed by atoms with Gasteiger partial charge in [-0.2, -0.15) is 13.2 Å². The molecule has 1 aliphatic heterocycles. The number of carbonyl (C=O) groups excluding carboxylic acids is 2. The van der Waals surface area contributed by atoms with Crippen LogP contribution in [0.2, 0.25) is 5.02 Å². The topological polar surface area (TPSA) is 57.6 Å². The molecule has 3 aromatic rings. The fraction of sp³-hybridized carbons (Fsp3) is 0.0833. The van der Waals surface area contributed by atoms with Crippen LogP contribution in [-0.4, -0.2) is 16.8 Å². The number of amides is 1. The first kappa shape index (κ1) is 22.5. The molecule has 0 aliphatic carbocycles. The van der Waals surface area contributed by atoms with Crippen LogP contribution in [0.3, 0.4) is 0 Å². The number of carbonyl (C=O) groups is 2. The lowest BCUT2D eigenvalue weighted by molar-refractivity contribution is -0.137. The summed E-state index contributed by atoms with van der Waals surface area (Å²) in [6, 6.07) is 13.3. The van der Waals surface area contributed by atoms with Crippen molar-refractivity contribution < 1.29 is 32.3 Å². The average Bonchev–Trinajstić information content (AvgIpc) is 3.04. The summed E-state index contributed by atoms with van der Waals surface area (Å²) < 4.78 is 52.5. The van der Waals surface area contributed by atoms with Gasteiger partial charge in [0.25, 0.3) is 11.7 Å². The van der Waals surface area contributed by atoms with E-state index in [1.807, 2.05) is 0 Å². The van der Waals surface area contributed by atoms with E-state index in [0.717, 1.165) is 41.3 Å². The summed E-state index contributed by atoms with van der Waals surface area (Å²) in [7, 11) is 0. The van der Waals surface area contributed by atoms with Gasteiger partial charge in [0.2, 0.25) is 0 Å². The second-order valence-electron chi connectivity index (χ2n) is 7.27. The number of rotatable bonds is 3. The molecule has 1 atom stereocenters. The number of aliphatic hydroxyl groups excluding tert-OH is 1. The maximum Gasteiger partial charge on any atom is 0.416 e. The molecule has 1 fully saturated rings. The molecule has 1 heterocycles. The van der Waals surface area contributed by atoms with E-state index in [0.29, 0.717) is 5.02 Å². The van der Waals surface area contributed by atoms with Gasteiger partial charge in [0.1, 0.15) is 11.6 Å². The quantitative estimate of drug-likeness (QED) is 0.215. The zero-order chi connectivity index (χ0) is 23.9. The fourth-order valence-electron chi connectivity index (χ4n) is 3.63. The number of hydrogen-bond acceptors (Lipinski definition) is 3. The largest absolute Gasteiger partial charge is 0.507 e. The molecule has 1 unspecified atom stereocenters. The standard InChI is InChI=1S/C24H14ClF4NO3/c25-16-7-1-14(2-8-16)21(31)19-20(13-3-9-17(26)10-4-13)30(23(33)22(19)32)18-11-5-15(6-12-18)24(27,28)29/h1-12,20,31H/b21-19+. The molecule has 4 rings (SSSR count). The summed E-state index contributed by atoms with van der Waals surface area (Å²) in [5.41, 5.74) is -0.714. The molecule has 33 heavy (non-hydrogen) atoms. The van der Waals surface area contributed by atoms with Crippen LogP contribution < -0.4 is 4.90 Å². The van der Waals surface area contributed by atoms with E-state index in [1.165, 1.54) is 36.4 Å². The van der Waals surface area contributed by atoms with Crippen molar-refractivity contribution >= 4 is 34.7 Å². The lowest BCUT2D eigenvalue weighted by Gasteiger charge is -2.25. The van der Waals surface area contributed by atoms with Gasteiger partial charge in [0.05, 0.1) is 17.2 Å².